The lowest BCUT2D eigenvalue weighted by atomic mass is 10.1. The molecule has 0 radical (unpaired) electrons. The molecule has 0 saturated heterocycles. The van der Waals surface area contributed by atoms with Crippen molar-refractivity contribution in [1.29, 1.82) is 0 Å². The predicted molar refractivity (Wildman–Crippen MR) is 84.1 cm³/mol. The lowest BCUT2D eigenvalue weighted by Gasteiger charge is -2.15. The molecule has 112 valence electrons. The van der Waals surface area contributed by atoms with Gasteiger partial charge in [-0.15, -0.1) is 0 Å². The van der Waals surface area contributed by atoms with Gasteiger partial charge in [-0.25, -0.2) is 8.42 Å². The van der Waals surface area contributed by atoms with Gasteiger partial charge in [-0.3, -0.25) is 4.72 Å². The molecule has 0 bridgehead atoms. The third kappa shape index (κ3) is 2.95. The number of hydrogen-bond acceptors (Lipinski definition) is 4. The molecule has 2 aromatic carbocycles. The normalized spacial score (nSPS) is 11.2. The number of ether oxygens (including phenoxy) is 1. The van der Waals surface area contributed by atoms with Crippen LogP contribution in [0.3, 0.4) is 0 Å². The molecule has 3 N–H and O–H groups in total. The van der Waals surface area contributed by atoms with Crippen LogP contribution in [-0.4, -0.2) is 15.5 Å². The van der Waals surface area contributed by atoms with Crippen molar-refractivity contribution in [2.45, 2.75) is 18.7 Å². The standard InChI is InChI=1S/C15H18N2O3S/c1-10-8-9-12(16)15(11(10)2)21(18,19)17-13-6-4-5-7-14(13)20-3/h4-9,17H,16H2,1-3H3. The van der Waals surface area contributed by atoms with E-state index in [9.17, 15) is 8.42 Å². The van der Waals surface area contributed by atoms with Crippen molar-refractivity contribution >= 4 is 21.4 Å². The summed E-state index contributed by atoms with van der Waals surface area (Å²) in [5.74, 6) is 0.449. The summed E-state index contributed by atoms with van der Waals surface area (Å²) in [6.45, 7) is 3.58. The fraction of sp³-hybridized carbons (Fsp3) is 0.200. The zero-order valence-corrected chi connectivity index (χ0v) is 13.0. The van der Waals surface area contributed by atoms with Crippen molar-refractivity contribution in [2.24, 2.45) is 0 Å². The summed E-state index contributed by atoms with van der Waals surface area (Å²) in [5.41, 5.74) is 7.95. The largest absolute Gasteiger partial charge is 0.495 e. The van der Waals surface area contributed by atoms with Crippen LogP contribution in [0.4, 0.5) is 11.4 Å². The summed E-state index contributed by atoms with van der Waals surface area (Å²) < 4.78 is 32.9. The third-order valence-corrected chi connectivity index (χ3v) is 4.90. The summed E-state index contributed by atoms with van der Waals surface area (Å²) in [6, 6.07) is 10.2. The molecule has 0 atom stereocenters. The summed E-state index contributed by atoms with van der Waals surface area (Å²) in [5, 5.41) is 0. The molecule has 0 fully saturated rings. The minimum Gasteiger partial charge on any atom is -0.495 e. The summed E-state index contributed by atoms with van der Waals surface area (Å²) >= 11 is 0. The molecule has 0 unspecified atom stereocenters. The van der Waals surface area contributed by atoms with Crippen LogP contribution < -0.4 is 15.2 Å². The molecule has 0 aliphatic rings. The molecule has 0 amide bonds. The van der Waals surface area contributed by atoms with Gasteiger partial charge >= 0.3 is 0 Å². The number of sulfonamides is 1. The molecule has 6 heteroatoms. The third-order valence-electron chi connectivity index (χ3n) is 3.33. The molecule has 0 spiro atoms. The van der Waals surface area contributed by atoms with Crippen LogP contribution in [0, 0.1) is 13.8 Å². The zero-order chi connectivity index (χ0) is 15.6. The Hall–Kier alpha value is -2.21. The van der Waals surface area contributed by atoms with Gasteiger partial charge in [0, 0.05) is 0 Å². The molecule has 21 heavy (non-hydrogen) atoms. The molecular formula is C15H18N2O3S. The van der Waals surface area contributed by atoms with E-state index >= 15 is 0 Å². The Morgan fingerprint density at radius 2 is 1.76 bits per heavy atom. The first kappa shape index (κ1) is 15.2. The summed E-state index contributed by atoms with van der Waals surface area (Å²) in [4.78, 5) is 0.105. The maximum atomic E-state index is 12.6. The Bertz CT molecular complexity index is 770. The quantitative estimate of drug-likeness (QED) is 0.851. The SMILES string of the molecule is COc1ccccc1NS(=O)(=O)c1c(N)ccc(C)c1C. The second-order valence-electron chi connectivity index (χ2n) is 4.73. The molecular weight excluding hydrogens is 288 g/mol. The van der Waals surface area contributed by atoms with Gasteiger partial charge in [-0.1, -0.05) is 18.2 Å². The van der Waals surface area contributed by atoms with Crippen LogP contribution >= 0.6 is 0 Å². The van der Waals surface area contributed by atoms with E-state index in [1.807, 2.05) is 6.92 Å². The van der Waals surface area contributed by atoms with Crippen molar-refractivity contribution in [3.8, 4) is 5.75 Å². The lowest BCUT2D eigenvalue weighted by Crippen LogP contribution is -2.17. The van der Waals surface area contributed by atoms with Gasteiger partial charge in [0.05, 0.1) is 18.5 Å². The van der Waals surface area contributed by atoms with E-state index < -0.39 is 10.0 Å². The number of para-hydroxylation sites is 2. The number of anilines is 2. The van der Waals surface area contributed by atoms with Crippen molar-refractivity contribution in [2.75, 3.05) is 17.6 Å². The Labute approximate surface area is 124 Å². The molecule has 0 aliphatic carbocycles. The first-order valence-corrected chi connectivity index (χ1v) is 7.86. The highest BCUT2D eigenvalue weighted by Crippen LogP contribution is 2.30. The van der Waals surface area contributed by atoms with E-state index in [0.29, 0.717) is 17.0 Å². The Balaban J connectivity index is 2.51. The van der Waals surface area contributed by atoms with Gasteiger partial charge in [0.1, 0.15) is 10.6 Å². The highest BCUT2D eigenvalue weighted by molar-refractivity contribution is 7.93. The van der Waals surface area contributed by atoms with Gasteiger partial charge in [0.15, 0.2) is 0 Å². The first-order valence-electron chi connectivity index (χ1n) is 6.38. The highest BCUT2D eigenvalue weighted by atomic mass is 32.2. The smallest absolute Gasteiger partial charge is 0.264 e. The van der Waals surface area contributed by atoms with Gasteiger partial charge in [0.2, 0.25) is 0 Å². The average Bonchev–Trinajstić information content (AvgIpc) is 2.43. The highest BCUT2D eigenvalue weighted by Gasteiger charge is 2.22. The van der Waals surface area contributed by atoms with Gasteiger partial charge in [-0.05, 0) is 43.2 Å². The molecule has 2 rings (SSSR count). The van der Waals surface area contributed by atoms with Crippen molar-refractivity contribution in [1.82, 2.24) is 0 Å². The molecule has 0 aromatic heterocycles. The van der Waals surface area contributed by atoms with Gasteiger partial charge in [-0.2, -0.15) is 0 Å². The number of rotatable bonds is 4. The monoisotopic (exact) mass is 306 g/mol. The Morgan fingerprint density at radius 3 is 2.43 bits per heavy atom. The Morgan fingerprint density at radius 1 is 1.10 bits per heavy atom. The predicted octanol–water partition coefficient (Wildman–Crippen LogP) is 2.70. The van der Waals surface area contributed by atoms with Crippen molar-refractivity contribution < 1.29 is 13.2 Å². The number of nitrogens with one attached hydrogen (secondary N) is 1. The Kier molecular flexibility index (Phi) is 4.09. The van der Waals surface area contributed by atoms with E-state index in [0.717, 1.165) is 5.56 Å². The topological polar surface area (TPSA) is 81.4 Å². The first-order chi connectivity index (χ1) is 9.86. The maximum Gasteiger partial charge on any atom is 0.264 e. The minimum atomic E-state index is -3.78. The van der Waals surface area contributed by atoms with Gasteiger partial charge in [0.25, 0.3) is 10.0 Å². The summed E-state index contributed by atoms with van der Waals surface area (Å²) in [6.07, 6.45) is 0. The van der Waals surface area contributed by atoms with Crippen LogP contribution in [-0.2, 0) is 10.0 Å². The van der Waals surface area contributed by atoms with Crippen molar-refractivity contribution in [3.63, 3.8) is 0 Å². The number of methoxy groups -OCH3 is 1. The lowest BCUT2D eigenvalue weighted by molar-refractivity contribution is 0.417. The second-order valence-corrected chi connectivity index (χ2v) is 6.35. The van der Waals surface area contributed by atoms with Crippen LogP contribution in [0.15, 0.2) is 41.3 Å². The van der Waals surface area contributed by atoms with E-state index in [4.69, 9.17) is 10.5 Å². The molecule has 5 nitrogen and oxygen atoms in total. The zero-order valence-electron chi connectivity index (χ0n) is 12.2. The number of aryl methyl sites for hydroxylation is 1. The fourth-order valence-corrected chi connectivity index (χ4v) is 3.60. The number of hydrogen-bond donors (Lipinski definition) is 2. The number of benzene rings is 2. The average molecular weight is 306 g/mol. The molecule has 2 aromatic rings. The van der Waals surface area contributed by atoms with E-state index in [-0.39, 0.29) is 10.6 Å². The number of nitrogens with two attached hydrogens (primary N) is 1. The van der Waals surface area contributed by atoms with Crippen LogP contribution in [0.25, 0.3) is 0 Å². The fourth-order valence-electron chi connectivity index (χ4n) is 2.09. The molecule has 0 heterocycles. The van der Waals surface area contributed by atoms with E-state index in [1.54, 1.807) is 43.3 Å². The van der Waals surface area contributed by atoms with E-state index in [2.05, 4.69) is 4.72 Å². The van der Waals surface area contributed by atoms with Crippen molar-refractivity contribution in [3.05, 3.63) is 47.5 Å². The molecule has 0 saturated carbocycles. The van der Waals surface area contributed by atoms with Crippen LogP contribution in [0.5, 0.6) is 5.75 Å². The van der Waals surface area contributed by atoms with Crippen LogP contribution in [0.1, 0.15) is 11.1 Å². The maximum absolute atomic E-state index is 12.6. The number of nitrogen functional groups attached to an aromatic ring is 1. The summed E-state index contributed by atoms with van der Waals surface area (Å²) in [7, 11) is -2.30. The molecule has 0 aliphatic heterocycles. The van der Waals surface area contributed by atoms with E-state index in [1.165, 1.54) is 7.11 Å². The minimum absolute atomic E-state index is 0.105. The van der Waals surface area contributed by atoms with Crippen LogP contribution in [0.2, 0.25) is 0 Å². The van der Waals surface area contributed by atoms with Gasteiger partial charge < -0.3 is 10.5 Å². The second kappa shape index (κ2) is 5.65.